The van der Waals surface area contributed by atoms with Gasteiger partial charge in [-0.1, -0.05) is 30.4 Å². The van der Waals surface area contributed by atoms with Gasteiger partial charge in [-0.15, -0.1) is 15.3 Å². The van der Waals surface area contributed by atoms with Crippen molar-refractivity contribution in [1.29, 1.82) is 0 Å². The standard InChI is InChI=1S/C9H13N5O2S2/c1-6(2)8-11-12-9(17-8)14-4-7(10-13-14)5-18(3,15)16/h4,6H,5H2,1-3H3. The van der Waals surface area contributed by atoms with Crippen LogP contribution in [0.1, 0.15) is 30.5 Å². The third-order valence-corrected chi connectivity index (χ3v) is 4.10. The van der Waals surface area contributed by atoms with E-state index in [-0.39, 0.29) is 5.75 Å². The Bertz CT molecular complexity index is 643. The second kappa shape index (κ2) is 4.73. The van der Waals surface area contributed by atoms with Crippen LogP contribution < -0.4 is 0 Å². The molecule has 0 fully saturated rings. The minimum atomic E-state index is -3.10. The first-order chi connectivity index (χ1) is 8.35. The first kappa shape index (κ1) is 13.1. The lowest BCUT2D eigenvalue weighted by molar-refractivity contribution is 0.600. The maximum absolute atomic E-state index is 11.1. The average molecular weight is 287 g/mol. The van der Waals surface area contributed by atoms with Crippen molar-refractivity contribution in [3.05, 3.63) is 16.9 Å². The van der Waals surface area contributed by atoms with Crippen LogP contribution in [0.2, 0.25) is 0 Å². The number of nitrogens with zero attached hydrogens (tertiary/aromatic N) is 5. The molecule has 2 heterocycles. The van der Waals surface area contributed by atoms with E-state index in [1.165, 1.54) is 16.0 Å². The smallest absolute Gasteiger partial charge is 0.229 e. The molecule has 0 amide bonds. The fourth-order valence-electron chi connectivity index (χ4n) is 1.28. The summed E-state index contributed by atoms with van der Waals surface area (Å²) in [6, 6.07) is 0. The van der Waals surface area contributed by atoms with Gasteiger partial charge in [0, 0.05) is 12.2 Å². The quantitative estimate of drug-likeness (QED) is 0.825. The summed E-state index contributed by atoms with van der Waals surface area (Å²) >= 11 is 1.41. The molecule has 98 valence electrons. The largest absolute Gasteiger partial charge is 0.234 e. The van der Waals surface area contributed by atoms with Gasteiger partial charge in [0.25, 0.3) is 0 Å². The topological polar surface area (TPSA) is 90.6 Å². The predicted octanol–water partition coefficient (Wildman–Crippen LogP) is 0.787. The normalized spacial score (nSPS) is 12.2. The molecule has 2 aromatic heterocycles. The van der Waals surface area contributed by atoms with Crippen LogP contribution in [-0.4, -0.2) is 39.9 Å². The highest BCUT2D eigenvalue weighted by Crippen LogP contribution is 2.21. The van der Waals surface area contributed by atoms with Gasteiger partial charge in [0.05, 0.1) is 17.6 Å². The van der Waals surface area contributed by atoms with Gasteiger partial charge in [-0.05, 0) is 0 Å². The molecule has 7 nitrogen and oxygen atoms in total. The zero-order valence-electron chi connectivity index (χ0n) is 10.2. The van der Waals surface area contributed by atoms with E-state index in [1.807, 2.05) is 13.8 Å². The Labute approximate surface area is 109 Å². The van der Waals surface area contributed by atoms with Crippen LogP contribution in [0.15, 0.2) is 6.20 Å². The maximum Gasteiger partial charge on any atom is 0.234 e. The SMILES string of the molecule is CC(C)c1nnc(-n2cc(CS(C)(=O)=O)nn2)s1. The Hall–Kier alpha value is -1.35. The van der Waals surface area contributed by atoms with Gasteiger partial charge in [-0.25, -0.2) is 8.42 Å². The lowest BCUT2D eigenvalue weighted by Gasteiger charge is -1.93. The second-order valence-corrected chi connectivity index (χ2v) is 7.43. The predicted molar refractivity (Wildman–Crippen MR) is 67.5 cm³/mol. The molecule has 0 N–H and O–H groups in total. The summed E-state index contributed by atoms with van der Waals surface area (Å²) in [5, 5.41) is 17.2. The molecule has 0 aliphatic heterocycles. The monoisotopic (exact) mass is 287 g/mol. The number of rotatable bonds is 4. The van der Waals surface area contributed by atoms with E-state index in [0.717, 1.165) is 11.3 Å². The van der Waals surface area contributed by atoms with Crippen LogP contribution in [0.4, 0.5) is 0 Å². The van der Waals surface area contributed by atoms with Crippen molar-refractivity contribution in [2.24, 2.45) is 0 Å². The summed E-state index contributed by atoms with van der Waals surface area (Å²) in [5.74, 6) is 0.179. The third-order valence-electron chi connectivity index (χ3n) is 2.07. The molecule has 0 aliphatic carbocycles. The lowest BCUT2D eigenvalue weighted by Crippen LogP contribution is -2.00. The molecule has 9 heteroatoms. The van der Waals surface area contributed by atoms with Gasteiger partial charge in [-0.2, -0.15) is 4.68 Å². The molecule has 0 saturated heterocycles. The average Bonchev–Trinajstić information content (AvgIpc) is 2.81. The van der Waals surface area contributed by atoms with Crippen molar-refractivity contribution >= 4 is 21.2 Å². The zero-order valence-corrected chi connectivity index (χ0v) is 11.9. The molecule has 0 spiro atoms. The molecule has 2 aromatic rings. The summed E-state index contributed by atoms with van der Waals surface area (Å²) in [5.41, 5.74) is 0.402. The van der Waals surface area contributed by atoms with Crippen LogP contribution >= 0.6 is 11.3 Å². The molecule has 0 radical (unpaired) electrons. The summed E-state index contributed by atoms with van der Waals surface area (Å²) in [6.45, 7) is 4.06. The van der Waals surface area contributed by atoms with Crippen LogP contribution in [0, 0.1) is 0 Å². The highest BCUT2D eigenvalue weighted by molar-refractivity contribution is 7.89. The Morgan fingerprint density at radius 3 is 2.61 bits per heavy atom. The molecule has 0 bridgehead atoms. The minimum absolute atomic E-state index is 0.122. The number of sulfone groups is 1. The zero-order chi connectivity index (χ0) is 13.3. The Kier molecular flexibility index (Phi) is 3.44. The third kappa shape index (κ3) is 3.10. The van der Waals surface area contributed by atoms with Gasteiger partial charge in [0.1, 0.15) is 5.01 Å². The fourth-order valence-corrected chi connectivity index (χ4v) is 2.72. The van der Waals surface area contributed by atoms with E-state index < -0.39 is 9.84 Å². The Morgan fingerprint density at radius 1 is 1.33 bits per heavy atom. The highest BCUT2D eigenvalue weighted by atomic mass is 32.2. The van der Waals surface area contributed by atoms with Crippen LogP contribution in [0.5, 0.6) is 0 Å². The maximum atomic E-state index is 11.1. The first-order valence-electron chi connectivity index (χ1n) is 5.28. The number of hydrogen-bond donors (Lipinski definition) is 0. The summed E-state index contributed by atoms with van der Waals surface area (Å²) in [6.07, 6.45) is 2.72. The van der Waals surface area contributed by atoms with E-state index >= 15 is 0 Å². The molecule has 0 unspecified atom stereocenters. The van der Waals surface area contributed by atoms with Crippen LogP contribution in [0.25, 0.3) is 5.13 Å². The van der Waals surface area contributed by atoms with Crippen molar-refractivity contribution < 1.29 is 8.42 Å². The molecule has 0 atom stereocenters. The summed E-state index contributed by atoms with van der Waals surface area (Å²) in [4.78, 5) is 0. The van der Waals surface area contributed by atoms with E-state index in [1.54, 1.807) is 6.20 Å². The van der Waals surface area contributed by atoms with Gasteiger partial charge in [-0.3, -0.25) is 0 Å². The highest BCUT2D eigenvalue weighted by Gasteiger charge is 2.13. The van der Waals surface area contributed by atoms with Crippen molar-refractivity contribution in [2.75, 3.05) is 6.26 Å². The van der Waals surface area contributed by atoms with Crippen LogP contribution in [0.3, 0.4) is 0 Å². The second-order valence-electron chi connectivity index (χ2n) is 4.30. The molecule has 2 rings (SSSR count). The van der Waals surface area contributed by atoms with E-state index in [0.29, 0.717) is 16.7 Å². The number of aromatic nitrogens is 5. The van der Waals surface area contributed by atoms with Crippen molar-refractivity contribution in [3.63, 3.8) is 0 Å². The lowest BCUT2D eigenvalue weighted by atomic mass is 10.2. The molecule has 0 aliphatic rings. The van der Waals surface area contributed by atoms with Crippen molar-refractivity contribution in [1.82, 2.24) is 25.2 Å². The summed E-state index contributed by atoms with van der Waals surface area (Å²) < 4.78 is 23.7. The molecule has 18 heavy (non-hydrogen) atoms. The fraction of sp³-hybridized carbons (Fsp3) is 0.556. The van der Waals surface area contributed by atoms with E-state index in [4.69, 9.17) is 0 Å². The molecular formula is C9H13N5O2S2. The van der Waals surface area contributed by atoms with Crippen molar-refractivity contribution in [2.45, 2.75) is 25.5 Å². The molecular weight excluding hydrogens is 274 g/mol. The summed E-state index contributed by atoms with van der Waals surface area (Å²) in [7, 11) is -3.10. The van der Waals surface area contributed by atoms with Crippen molar-refractivity contribution in [3.8, 4) is 5.13 Å². The van der Waals surface area contributed by atoms with E-state index in [9.17, 15) is 8.42 Å². The van der Waals surface area contributed by atoms with Gasteiger partial charge in [0.2, 0.25) is 5.13 Å². The van der Waals surface area contributed by atoms with Gasteiger partial charge < -0.3 is 0 Å². The van der Waals surface area contributed by atoms with E-state index in [2.05, 4.69) is 20.5 Å². The molecule has 0 aromatic carbocycles. The Balaban J connectivity index is 2.24. The van der Waals surface area contributed by atoms with Gasteiger partial charge in [0.15, 0.2) is 9.84 Å². The number of hydrogen-bond acceptors (Lipinski definition) is 7. The van der Waals surface area contributed by atoms with Crippen LogP contribution in [-0.2, 0) is 15.6 Å². The Morgan fingerprint density at radius 2 is 2.06 bits per heavy atom. The van der Waals surface area contributed by atoms with Gasteiger partial charge >= 0.3 is 0 Å². The minimum Gasteiger partial charge on any atom is -0.229 e. The first-order valence-corrected chi connectivity index (χ1v) is 8.15. The molecule has 0 saturated carbocycles.